The van der Waals surface area contributed by atoms with Gasteiger partial charge in [0.2, 0.25) is 0 Å². The minimum absolute atomic E-state index is 0.186. The molecule has 0 saturated carbocycles. The fourth-order valence-corrected chi connectivity index (χ4v) is 3.51. The Kier molecular flexibility index (Phi) is 8.62. The molecule has 1 heteroatoms. The molecule has 0 fully saturated rings. The molecule has 1 atom stereocenters. The lowest BCUT2D eigenvalue weighted by Gasteiger charge is -2.25. The van der Waals surface area contributed by atoms with E-state index in [9.17, 15) is 0 Å². The highest BCUT2D eigenvalue weighted by Crippen LogP contribution is 2.29. The second kappa shape index (κ2) is 11.0. The van der Waals surface area contributed by atoms with Crippen molar-refractivity contribution < 1.29 is 0 Å². The van der Waals surface area contributed by atoms with Crippen molar-refractivity contribution in [3.05, 3.63) is 71.8 Å². The summed E-state index contributed by atoms with van der Waals surface area (Å²) < 4.78 is 0. The van der Waals surface area contributed by atoms with Gasteiger partial charge in [-0.2, -0.15) is 0 Å². The van der Waals surface area contributed by atoms with Gasteiger partial charge in [-0.3, -0.25) is 0 Å². The van der Waals surface area contributed by atoms with Gasteiger partial charge in [-0.15, -0.1) is 0 Å². The number of nitrogens with two attached hydrogens (primary N) is 1. The lowest BCUT2D eigenvalue weighted by molar-refractivity contribution is 0.499. The molecule has 1 nitrogen and oxygen atoms in total. The van der Waals surface area contributed by atoms with Crippen molar-refractivity contribution in [2.24, 2.45) is 5.73 Å². The summed E-state index contributed by atoms with van der Waals surface area (Å²) in [7, 11) is 0. The Morgan fingerprint density at radius 3 is 1.62 bits per heavy atom. The Morgan fingerprint density at radius 2 is 1.12 bits per heavy atom. The molecule has 0 bridgehead atoms. The van der Waals surface area contributed by atoms with Crippen molar-refractivity contribution in [1.29, 1.82) is 0 Å². The Balaban J connectivity index is 1.90. The molecule has 0 amide bonds. The van der Waals surface area contributed by atoms with Crippen molar-refractivity contribution in [2.45, 2.75) is 70.3 Å². The fourth-order valence-electron chi connectivity index (χ4n) is 3.51. The summed E-state index contributed by atoms with van der Waals surface area (Å²) in [5, 5.41) is 0. The van der Waals surface area contributed by atoms with Gasteiger partial charge in [0.1, 0.15) is 0 Å². The molecule has 130 valence electrons. The molecule has 0 aliphatic carbocycles. The van der Waals surface area contributed by atoms with Crippen LogP contribution in [0.1, 0.15) is 75.3 Å². The third kappa shape index (κ3) is 6.13. The van der Waals surface area contributed by atoms with Crippen LogP contribution in [-0.2, 0) is 0 Å². The van der Waals surface area contributed by atoms with Crippen LogP contribution in [-0.4, -0.2) is 6.04 Å². The molecule has 0 spiro atoms. The summed E-state index contributed by atoms with van der Waals surface area (Å²) in [5.41, 5.74) is 9.31. The van der Waals surface area contributed by atoms with Gasteiger partial charge in [0.05, 0.1) is 0 Å². The maximum absolute atomic E-state index is 6.64. The van der Waals surface area contributed by atoms with Gasteiger partial charge in [-0.1, -0.05) is 113 Å². The largest absolute Gasteiger partial charge is 0.327 e. The van der Waals surface area contributed by atoms with Gasteiger partial charge in [0.25, 0.3) is 0 Å². The molecule has 1 unspecified atom stereocenters. The maximum atomic E-state index is 6.64. The van der Waals surface area contributed by atoms with E-state index >= 15 is 0 Å². The fraction of sp³-hybridized carbons (Fsp3) is 0.478. The van der Waals surface area contributed by atoms with Crippen LogP contribution in [0.15, 0.2) is 60.7 Å². The smallest absolute Gasteiger partial charge is 0.0241 e. The maximum Gasteiger partial charge on any atom is 0.0241 e. The molecule has 24 heavy (non-hydrogen) atoms. The molecule has 0 saturated heterocycles. The number of benzene rings is 2. The number of rotatable bonds is 11. The van der Waals surface area contributed by atoms with Crippen LogP contribution in [0.3, 0.4) is 0 Å². The average Bonchev–Trinajstić information content (AvgIpc) is 2.63. The van der Waals surface area contributed by atoms with Crippen LogP contribution in [0.2, 0.25) is 0 Å². The van der Waals surface area contributed by atoms with E-state index < -0.39 is 0 Å². The number of hydrogen-bond acceptors (Lipinski definition) is 1. The highest BCUT2D eigenvalue weighted by molar-refractivity contribution is 5.34. The Labute approximate surface area is 148 Å². The molecule has 2 aromatic carbocycles. The van der Waals surface area contributed by atoms with Gasteiger partial charge in [-0.05, 0) is 17.5 Å². The first-order valence-corrected chi connectivity index (χ1v) is 9.68. The third-order valence-corrected chi connectivity index (χ3v) is 4.89. The highest BCUT2D eigenvalue weighted by atomic mass is 14.6. The average molecular weight is 324 g/mol. The lowest BCUT2D eigenvalue weighted by atomic mass is 9.83. The predicted molar refractivity (Wildman–Crippen MR) is 105 cm³/mol. The van der Waals surface area contributed by atoms with Gasteiger partial charge < -0.3 is 5.73 Å². The molecule has 2 aromatic rings. The van der Waals surface area contributed by atoms with E-state index in [1.54, 1.807) is 0 Å². The van der Waals surface area contributed by atoms with Crippen LogP contribution in [0.5, 0.6) is 0 Å². The predicted octanol–water partition coefficient (Wildman–Crippen LogP) is 6.29. The molecule has 0 aromatic heterocycles. The van der Waals surface area contributed by atoms with Crippen molar-refractivity contribution in [1.82, 2.24) is 0 Å². The Bertz CT molecular complexity index is 495. The van der Waals surface area contributed by atoms with E-state index in [4.69, 9.17) is 5.73 Å². The first kappa shape index (κ1) is 18.7. The summed E-state index contributed by atoms with van der Waals surface area (Å²) in [4.78, 5) is 0. The normalized spacial score (nSPS) is 12.5. The first-order valence-electron chi connectivity index (χ1n) is 9.68. The standard InChI is InChI=1S/C23H33N/c1-2-3-4-5-6-7-14-19-22(24)23(20-15-10-8-11-16-20)21-17-12-9-13-18-21/h8-13,15-18,22-23H,2-7,14,19,24H2,1H3. The van der Waals surface area contributed by atoms with E-state index in [0.29, 0.717) is 5.92 Å². The van der Waals surface area contributed by atoms with E-state index in [-0.39, 0.29) is 6.04 Å². The minimum Gasteiger partial charge on any atom is -0.327 e. The van der Waals surface area contributed by atoms with E-state index in [1.807, 2.05) is 0 Å². The molecule has 2 rings (SSSR count). The van der Waals surface area contributed by atoms with Crippen molar-refractivity contribution in [2.75, 3.05) is 0 Å². The second-order valence-electron chi connectivity index (χ2n) is 6.87. The van der Waals surface area contributed by atoms with Gasteiger partial charge in [0.15, 0.2) is 0 Å². The van der Waals surface area contributed by atoms with Crippen LogP contribution in [0.4, 0.5) is 0 Å². The van der Waals surface area contributed by atoms with E-state index in [0.717, 1.165) is 6.42 Å². The second-order valence-corrected chi connectivity index (χ2v) is 6.87. The van der Waals surface area contributed by atoms with Gasteiger partial charge >= 0.3 is 0 Å². The molecule has 0 heterocycles. The minimum atomic E-state index is 0.186. The quantitative estimate of drug-likeness (QED) is 0.483. The van der Waals surface area contributed by atoms with Gasteiger partial charge in [-0.25, -0.2) is 0 Å². The zero-order valence-corrected chi connectivity index (χ0v) is 15.2. The topological polar surface area (TPSA) is 26.0 Å². The molecular formula is C23H33N. The SMILES string of the molecule is CCCCCCCCCC(N)C(c1ccccc1)c1ccccc1. The summed E-state index contributed by atoms with van der Waals surface area (Å²) >= 11 is 0. The number of unbranched alkanes of at least 4 members (excludes halogenated alkanes) is 6. The van der Waals surface area contributed by atoms with Crippen molar-refractivity contribution >= 4 is 0 Å². The molecule has 0 aliphatic rings. The van der Waals surface area contributed by atoms with Crippen LogP contribution < -0.4 is 5.73 Å². The van der Waals surface area contributed by atoms with Crippen molar-refractivity contribution in [3.63, 3.8) is 0 Å². The van der Waals surface area contributed by atoms with Crippen LogP contribution in [0.25, 0.3) is 0 Å². The Hall–Kier alpha value is -1.60. The summed E-state index contributed by atoms with van der Waals surface area (Å²) in [6.07, 6.45) is 10.5. The Morgan fingerprint density at radius 1 is 0.667 bits per heavy atom. The number of hydrogen-bond donors (Lipinski definition) is 1. The molecule has 0 aliphatic heterocycles. The summed E-state index contributed by atoms with van der Waals surface area (Å²) in [6, 6.07) is 21.6. The van der Waals surface area contributed by atoms with E-state index in [1.165, 1.54) is 56.1 Å². The third-order valence-electron chi connectivity index (χ3n) is 4.89. The monoisotopic (exact) mass is 323 g/mol. The van der Waals surface area contributed by atoms with Gasteiger partial charge in [0, 0.05) is 12.0 Å². The lowest BCUT2D eigenvalue weighted by Crippen LogP contribution is -2.29. The summed E-state index contributed by atoms with van der Waals surface area (Å²) in [6.45, 7) is 2.27. The van der Waals surface area contributed by atoms with Crippen molar-refractivity contribution in [3.8, 4) is 0 Å². The zero-order valence-electron chi connectivity index (χ0n) is 15.2. The first-order chi connectivity index (χ1) is 11.8. The highest BCUT2D eigenvalue weighted by Gasteiger charge is 2.21. The molecule has 2 N–H and O–H groups in total. The van der Waals surface area contributed by atoms with E-state index in [2.05, 4.69) is 67.6 Å². The zero-order chi connectivity index (χ0) is 17.0. The summed E-state index contributed by atoms with van der Waals surface area (Å²) in [5.74, 6) is 0.299. The van der Waals surface area contributed by atoms with Crippen LogP contribution in [0, 0.1) is 0 Å². The van der Waals surface area contributed by atoms with Crippen LogP contribution >= 0.6 is 0 Å². The molecular weight excluding hydrogens is 290 g/mol. The molecule has 0 radical (unpaired) electrons.